The zero-order valence-electron chi connectivity index (χ0n) is 16.8. The van der Waals surface area contributed by atoms with Gasteiger partial charge in [0.05, 0.1) is 5.56 Å². The Morgan fingerprint density at radius 1 is 1.07 bits per heavy atom. The second kappa shape index (κ2) is 9.52. The molecule has 3 rings (SSSR count). The molecule has 0 aromatic heterocycles. The van der Waals surface area contributed by atoms with Gasteiger partial charge in [0, 0.05) is 38.4 Å². The maximum Gasteiger partial charge on any atom is 0.141 e. The summed E-state index contributed by atoms with van der Waals surface area (Å²) < 4.78 is 13.5. The Morgan fingerprint density at radius 2 is 1.78 bits per heavy atom. The van der Waals surface area contributed by atoms with E-state index in [2.05, 4.69) is 28.5 Å². The average Bonchev–Trinajstić information content (AvgIpc) is 2.68. The van der Waals surface area contributed by atoms with E-state index in [1.165, 1.54) is 51.5 Å². The van der Waals surface area contributed by atoms with Crippen LogP contribution in [0.5, 0.6) is 0 Å². The van der Waals surface area contributed by atoms with Crippen molar-refractivity contribution in [2.45, 2.75) is 33.1 Å². The molecule has 0 amide bonds. The molecule has 0 aliphatic carbocycles. The van der Waals surface area contributed by atoms with E-state index in [0.717, 1.165) is 43.7 Å². The summed E-state index contributed by atoms with van der Waals surface area (Å²) in [5, 5.41) is 9.02. The van der Waals surface area contributed by atoms with Gasteiger partial charge < -0.3 is 9.80 Å². The van der Waals surface area contributed by atoms with Crippen LogP contribution in [0, 0.1) is 29.0 Å². The molecule has 4 nitrogen and oxygen atoms in total. The number of hydrogen-bond acceptors (Lipinski definition) is 4. The number of nitrogens with zero attached hydrogens (tertiary/aromatic N) is 4. The molecule has 0 bridgehead atoms. The van der Waals surface area contributed by atoms with Crippen molar-refractivity contribution in [1.29, 1.82) is 5.26 Å². The Hall–Kier alpha value is -1.64. The van der Waals surface area contributed by atoms with Gasteiger partial charge in [-0.3, -0.25) is 4.90 Å². The minimum Gasteiger partial charge on any atom is -0.369 e. The maximum absolute atomic E-state index is 13.5. The Morgan fingerprint density at radius 3 is 2.41 bits per heavy atom. The predicted molar refractivity (Wildman–Crippen MR) is 108 cm³/mol. The van der Waals surface area contributed by atoms with E-state index < -0.39 is 5.82 Å². The van der Waals surface area contributed by atoms with Crippen LogP contribution in [0.4, 0.5) is 10.1 Å². The number of nitriles is 1. The number of rotatable bonds is 6. The lowest BCUT2D eigenvalue weighted by molar-refractivity contribution is 0.150. The molecule has 148 valence electrons. The average molecular weight is 373 g/mol. The van der Waals surface area contributed by atoms with Gasteiger partial charge in [0.25, 0.3) is 0 Å². The van der Waals surface area contributed by atoms with Crippen LogP contribution in [-0.2, 0) is 0 Å². The SMILES string of the molecule is CC(C)CN1CCC(CCN2CCN(c3ccc(F)c(C#N)c3)CC2)CC1. The number of piperidine rings is 1. The van der Waals surface area contributed by atoms with Crippen LogP contribution in [-0.4, -0.2) is 62.2 Å². The predicted octanol–water partition coefficient (Wildman–Crippen LogP) is 3.58. The van der Waals surface area contributed by atoms with Gasteiger partial charge in [0.15, 0.2) is 0 Å². The molecule has 0 spiro atoms. The molecule has 27 heavy (non-hydrogen) atoms. The first-order valence-electron chi connectivity index (χ1n) is 10.4. The molecular weight excluding hydrogens is 339 g/mol. The van der Waals surface area contributed by atoms with Gasteiger partial charge in [-0.25, -0.2) is 4.39 Å². The van der Waals surface area contributed by atoms with Crippen LogP contribution in [0.25, 0.3) is 0 Å². The van der Waals surface area contributed by atoms with Crippen molar-refractivity contribution in [2.75, 3.05) is 57.3 Å². The van der Waals surface area contributed by atoms with Crippen LogP contribution in [0.3, 0.4) is 0 Å². The minimum atomic E-state index is -0.431. The molecular formula is C22H33FN4. The van der Waals surface area contributed by atoms with Gasteiger partial charge in [0.1, 0.15) is 11.9 Å². The van der Waals surface area contributed by atoms with Crippen LogP contribution in [0.2, 0.25) is 0 Å². The first-order valence-corrected chi connectivity index (χ1v) is 10.4. The minimum absolute atomic E-state index is 0.138. The monoisotopic (exact) mass is 372 g/mol. The fourth-order valence-corrected chi connectivity index (χ4v) is 4.36. The summed E-state index contributed by atoms with van der Waals surface area (Å²) >= 11 is 0. The highest BCUT2D eigenvalue weighted by molar-refractivity contribution is 5.52. The van der Waals surface area contributed by atoms with E-state index in [1.54, 1.807) is 12.1 Å². The van der Waals surface area contributed by atoms with Gasteiger partial charge in [-0.15, -0.1) is 0 Å². The van der Waals surface area contributed by atoms with Crippen molar-refractivity contribution < 1.29 is 4.39 Å². The molecule has 2 aliphatic rings. The Kier molecular flexibility index (Phi) is 7.09. The Labute approximate surface area is 163 Å². The number of benzene rings is 1. The molecule has 1 aromatic carbocycles. The third-order valence-electron chi connectivity index (χ3n) is 5.99. The molecule has 2 aliphatic heterocycles. The van der Waals surface area contributed by atoms with Gasteiger partial charge in [-0.2, -0.15) is 5.26 Å². The van der Waals surface area contributed by atoms with E-state index in [0.29, 0.717) is 0 Å². The molecule has 1 aromatic rings. The summed E-state index contributed by atoms with van der Waals surface area (Å²) in [7, 11) is 0. The molecule has 0 saturated carbocycles. The molecule has 0 radical (unpaired) electrons. The molecule has 0 unspecified atom stereocenters. The van der Waals surface area contributed by atoms with E-state index in [1.807, 2.05) is 6.07 Å². The van der Waals surface area contributed by atoms with Crippen molar-refractivity contribution in [3.05, 3.63) is 29.6 Å². The van der Waals surface area contributed by atoms with Gasteiger partial charge in [-0.05, 0) is 68.9 Å². The Bertz CT molecular complexity index is 638. The molecule has 5 heteroatoms. The maximum atomic E-state index is 13.5. The van der Waals surface area contributed by atoms with Gasteiger partial charge >= 0.3 is 0 Å². The fraction of sp³-hybridized carbons (Fsp3) is 0.682. The van der Waals surface area contributed by atoms with E-state index in [9.17, 15) is 4.39 Å². The lowest BCUT2D eigenvalue weighted by atomic mass is 9.93. The molecule has 2 fully saturated rings. The third kappa shape index (κ3) is 5.67. The first kappa shape index (κ1) is 20.1. The van der Waals surface area contributed by atoms with E-state index >= 15 is 0 Å². The summed E-state index contributed by atoms with van der Waals surface area (Å²) in [5.41, 5.74) is 1.10. The lowest BCUT2D eigenvalue weighted by Gasteiger charge is -2.38. The molecule has 2 saturated heterocycles. The van der Waals surface area contributed by atoms with E-state index in [-0.39, 0.29) is 5.56 Å². The van der Waals surface area contributed by atoms with E-state index in [4.69, 9.17) is 5.26 Å². The standard InChI is InChI=1S/C22H33FN4/c1-18(2)17-26-9-6-19(7-10-26)5-8-25-11-13-27(14-12-25)21-3-4-22(23)20(15-21)16-24/h3-4,15,18-19H,5-14,17H2,1-2H3. The summed E-state index contributed by atoms with van der Waals surface area (Å²) in [6, 6.07) is 6.81. The van der Waals surface area contributed by atoms with Crippen LogP contribution in [0.1, 0.15) is 38.7 Å². The normalized spacial score (nSPS) is 20.2. The summed E-state index contributed by atoms with van der Waals surface area (Å²) in [6.45, 7) is 13.6. The molecule has 0 N–H and O–H groups in total. The van der Waals surface area contributed by atoms with Crippen molar-refractivity contribution in [1.82, 2.24) is 9.80 Å². The topological polar surface area (TPSA) is 33.5 Å². The summed E-state index contributed by atoms with van der Waals surface area (Å²) in [5.74, 6) is 1.21. The van der Waals surface area contributed by atoms with Crippen LogP contribution >= 0.6 is 0 Å². The number of likely N-dealkylation sites (tertiary alicyclic amines) is 1. The van der Waals surface area contributed by atoms with Crippen LogP contribution < -0.4 is 4.90 Å². The number of piperazine rings is 1. The second-order valence-corrected chi connectivity index (χ2v) is 8.53. The van der Waals surface area contributed by atoms with Crippen molar-refractivity contribution in [2.24, 2.45) is 11.8 Å². The molecule has 0 atom stereocenters. The zero-order chi connectivity index (χ0) is 19.2. The summed E-state index contributed by atoms with van der Waals surface area (Å²) in [6.07, 6.45) is 4.00. The van der Waals surface area contributed by atoms with Crippen molar-refractivity contribution >= 4 is 5.69 Å². The highest BCUT2D eigenvalue weighted by Crippen LogP contribution is 2.23. The second-order valence-electron chi connectivity index (χ2n) is 8.53. The van der Waals surface area contributed by atoms with Crippen LogP contribution in [0.15, 0.2) is 18.2 Å². The van der Waals surface area contributed by atoms with Gasteiger partial charge in [0.2, 0.25) is 0 Å². The zero-order valence-corrected chi connectivity index (χ0v) is 16.8. The number of hydrogen-bond donors (Lipinski definition) is 0. The van der Waals surface area contributed by atoms with Gasteiger partial charge in [-0.1, -0.05) is 13.8 Å². The third-order valence-corrected chi connectivity index (χ3v) is 5.99. The smallest absolute Gasteiger partial charge is 0.141 e. The highest BCUT2D eigenvalue weighted by atomic mass is 19.1. The summed E-state index contributed by atoms with van der Waals surface area (Å²) in [4.78, 5) is 7.45. The van der Waals surface area contributed by atoms with Crippen molar-refractivity contribution in [3.63, 3.8) is 0 Å². The lowest BCUT2D eigenvalue weighted by Crippen LogP contribution is -2.47. The first-order chi connectivity index (χ1) is 13.0. The largest absolute Gasteiger partial charge is 0.369 e. The fourth-order valence-electron chi connectivity index (χ4n) is 4.36. The van der Waals surface area contributed by atoms with Crippen molar-refractivity contribution in [3.8, 4) is 6.07 Å². The quantitative estimate of drug-likeness (QED) is 0.764. The highest BCUT2D eigenvalue weighted by Gasteiger charge is 2.22. The Balaban J connectivity index is 1.38. The molecule has 2 heterocycles. The number of halogens is 1. The number of anilines is 1.